The molecular weight excluding hydrogens is 286 g/mol. The van der Waals surface area contributed by atoms with Crippen LogP contribution in [0.1, 0.15) is 28.8 Å². The van der Waals surface area contributed by atoms with E-state index in [-0.39, 0.29) is 12.3 Å². The van der Waals surface area contributed by atoms with Crippen LogP contribution in [0.2, 0.25) is 0 Å². The summed E-state index contributed by atoms with van der Waals surface area (Å²) in [6, 6.07) is 5.48. The number of hydrogen-bond acceptors (Lipinski definition) is 2. The molecule has 4 nitrogen and oxygen atoms in total. The number of nitrogens with one attached hydrogen (secondary N) is 1. The van der Waals surface area contributed by atoms with Gasteiger partial charge in [-0.3, -0.25) is 9.59 Å². The Morgan fingerprint density at radius 3 is 2.76 bits per heavy atom. The number of aliphatic carboxylic acids is 1. The molecule has 1 rings (SSSR count). The molecule has 0 spiro atoms. The molecule has 0 fully saturated rings. The van der Waals surface area contributed by atoms with Crippen LogP contribution in [0, 0.1) is 6.92 Å². The first kappa shape index (κ1) is 13.7. The summed E-state index contributed by atoms with van der Waals surface area (Å²) in [5.41, 5.74) is 1.50. The Kier molecular flexibility index (Phi) is 5.15. The van der Waals surface area contributed by atoms with Crippen LogP contribution in [0.3, 0.4) is 0 Å². The molecule has 0 aliphatic carbocycles. The number of rotatable bonds is 5. The van der Waals surface area contributed by atoms with E-state index in [1.807, 2.05) is 19.1 Å². The zero-order valence-corrected chi connectivity index (χ0v) is 11.1. The van der Waals surface area contributed by atoms with Crippen molar-refractivity contribution in [1.29, 1.82) is 0 Å². The van der Waals surface area contributed by atoms with E-state index in [9.17, 15) is 9.59 Å². The number of carboxylic acids is 1. The van der Waals surface area contributed by atoms with Gasteiger partial charge in [-0.25, -0.2) is 0 Å². The lowest BCUT2D eigenvalue weighted by atomic mass is 10.1. The van der Waals surface area contributed by atoms with E-state index < -0.39 is 5.97 Å². The Hall–Kier alpha value is -1.36. The summed E-state index contributed by atoms with van der Waals surface area (Å²) < 4.78 is 0.846. The van der Waals surface area contributed by atoms with Crippen LogP contribution in [0.15, 0.2) is 22.7 Å². The second kappa shape index (κ2) is 6.39. The van der Waals surface area contributed by atoms with E-state index in [2.05, 4.69) is 21.2 Å². The maximum Gasteiger partial charge on any atom is 0.303 e. The predicted octanol–water partition coefficient (Wildman–Crippen LogP) is 2.35. The average Bonchev–Trinajstić information content (AvgIpc) is 2.27. The summed E-state index contributed by atoms with van der Waals surface area (Å²) in [7, 11) is 0. The van der Waals surface area contributed by atoms with Crippen molar-refractivity contribution in [1.82, 2.24) is 5.32 Å². The topological polar surface area (TPSA) is 66.4 Å². The molecule has 0 saturated carbocycles. The summed E-state index contributed by atoms with van der Waals surface area (Å²) in [5, 5.41) is 11.2. The first-order valence-corrected chi connectivity index (χ1v) is 6.06. The molecule has 0 aromatic heterocycles. The first-order valence-electron chi connectivity index (χ1n) is 5.27. The fourth-order valence-corrected chi connectivity index (χ4v) is 1.74. The minimum absolute atomic E-state index is 0.0672. The highest BCUT2D eigenvalue weighted by Gasteiger charge is 2.08. The molecule has 0 heterocycles. The second-order valence-electron chi connectivity index (χ2n) is 3.71. The van der Waals surface area contributed by atoms with Crippen molar-refractivity contribution >= 4 is 27.8 Å². The van der Waals surface area contributed by atoms with Crippen molar-refractivity contribution in [3.63, 3.8) is 0 Å². The molecule has 0 unspecified atom stereocenters. The monoisotopic (exact) mass is 299 g/mol. The molecular formula is C12H14BrNO3. The van der Waals surface area contributed by atoms with E-state index in [4.69, 9.17) is 5.11 Å². The van der Waals surface area contributed by atoms with Gasteiger partial charge in [0.05, 0.1) is 0 Å². The van der Waals surface area contributed by atoms with Crippen molar-refractivity contribution in [2.45, 2.75) is 19.8 Å². The maximum absolute atomic E-state index is 11.8. The van der Waals surface area contributed by atoms with Crippen molar-refractivity contribution in [3.8, 4) is 0 Å². The zero-order valence-electron chi connectivity index (χ0n) is 9.50. The Morgan fingerprint density at radius 2 is 2.12 bits per heavy atom. The van der Waals surface area contributed by atoms with Gasteiger partial charge < -0.3 is 10.4 Å². The summed E-state index contributed by atoms with van der Waals surface area (Å²) in [5.74, 6) is -1.02. The van der Waals surface area contributed by atoms with Crippen LogP contribution in [-0.2, 0) is 4.79 Å². The molecule has 1 amide bonds. The molecule has 0 atom stereocenters. The molecule has 0 saturated heterocycles. The fourth-order valence-electron chi connectivity index (χ4n) is 1.38. The van der Waals surface area contributed by atoms with E-state index >= 15 is 0 Å². The summed E-state index contributed by atoms with van der Waals surface area (Å²) in [6.45, 7) is 2.23. The van der Waals surface area contributed by atoms with Crippen LogP contribution in [0.5, 0.6) is 0 Å². The molecule has 1 aromatic carbocycles. The van der Waals surface area contributed by atoms with Gasteiger partial charge in [0.15, 0.2) is 0 Å². The van der Waals surface area contributed by atoms with Gasteiger partial charge in [-0.05, 0) is 31.0 Å². The standard InChI is InChI=1S/C12H14BrNO3/c1-8-4-5-9(13)7-10(8)12(17)14-6-2-3-11(15)16/h4-5,7H,2-3,6H2,1H3,(H,14,17)(H,15,16). The number of halogens is 1. The van der Waals surface area contributed by atoms with Crippen molar-refractivity contribution in [2.24, 2.45) is 0 Å². The van der Waals surface area contributed by atoms with Crippen molar-refractivity contribution in [3.05, 3.63) is 33.8 Å². The van der Waals surface area contributed by atoms with Gasteiger partial charge in [0.1, 0.15) is 0 Å². The molecule has 5 heteroatoms. The normalized spacial score (nSPS) is 10.0. The predicted molar refractivity (Wildman–Crippen MR) is 68.1 cm³/mol. The van der Waals surface area contributed by atoms with E-state index in [1.54, 1.807) is 6.07 Å². The van der Waals surface area contributed by atoms with Crippen LogP contribution < -0.4 is 5.32 Å². The number of hydrogen-bond donors (Lipinski definition) is 2. The first-order chi connectivity index (χ1) is 8.00. The van der Waals surface area contributed by atoms with E-state index in [0.717, 1.165) is 10.0 Å². The molecule has 17 heavy (non-hydrogen) atoms. The molecule has 2 N–H and O–H groups in total. The highest BCUT2D eigenvalue weighted by molar-refractivity contribution is 9.10. The van der Waals surface area contributed by atoms with Crippen LogP contribution in [0.4, 0.5) is 0 Å². The lowest BCUT2D eigenvalue weighted by Gasteiger charge is -2.07. The van der Waals surface area contributed by atoms with Crippen molar-refractivity contribution < 1.29 is 14.7 Å². The molecule has 0 bridgehead atoms. The maximum atomic E-state index is 11.8. The third kappa shape index (κ3) is 4.56. The lowest BCUT2D eigenvalue weighted by molar-refractivity contribution is -0.137. The van der Waals surface area contributed by atoms with Gasteiger partial charge >= 0.3 is 5.97 Å². The van der Waals surface area contributed by atoms with Crippen LogP contribution in [-0.4, -0.2) is 23.5 Å². The fraction of sp³-hybridized carbons (Fsp3) is 0.333. The van der Waals surface area contributed by atoms with E-state index in [0.29, 0.717) is 18.5 Å². The van der Waals surface area contributed by atoms with E-state index in [1.165, 1.54) is 0 Å². The number of carbonyl (C=O) groups excluding carboxylic acids is 1. The van der Waals surface area contributed by atoms with Crippen molar-refractivity contribution in [2.75, 3.05) is 6.54 Å². The molecule has 1 aromatic rings. The summed E-state index contributed by atoms with van der Waals surface area (Å²) in [4.78, 5) is 22.1. The molecule has 0 aliphatic rings. The summed E-state index contributed by atoms with van der Waals surface area (Å²) in [6.07, 6.45) is 0.506. The van der Waals surface area contributed by atoms with Gasteiger partial charge in [-0.2, -0.15) is 0 Å². The third-order valence-electron chi connectivity index (χ3n) is 2.30. The van der Waals surface area contributed by atoms with Crippen LogP contribution in [0.25, 0.3) is 0 Å². The quantitative estimate of drug-likeness (QED) is 0.820. The Bertz CT molecular complexity index is 432. The minimum Gasteiger partial charge on any atom is -0.481 e. The van der Waals surface area contributed by atoms with Gasteiger partial charge in [0, 0.05) is 23.0 Å². The Balaban J connectivity index is 2.52. The summed E-state index contributed by atoms with van der Waals surface area (Å²) >= 11 is 3.31. The lowest BCUT2D eigenvalue weighted by Crippen LogP contribution is -2.25. The zero-order chi connectivity index (χ0) is 12.8. The number of carboxylic acid groups (broad SMARTS) is 1. The molecule has 92 valence electrons. The minimum atomic E-state index is -0.849. The number of amides is 1. The second-order valence-corrected chi connectivity index (χ2v) is 4.63. The third-order valence-corrected chi connectivity index (χ3v) is 2.79. The van der Waals surface area contributed by atoms with Gasteiger partial charge in [0.25, 0.3) is 5.91 Å². The van der Waals surface area contributed by atoms with Gasteiger partial charge in [-0.15, -0.1) is 0 Å². The molecule has 0 aliphatic heterocycles. The SMILES string of the molecule is Cc1ccc(Br)cc1C(=O)NCCCC(=O)O. The number of benzene rings is 1. The molecule has 0 radical (unpaired) electrons. The Morgan fingerprint density at radius 1 is 1.41 bits per heavy atom. The average molecular weight is 300 g/mol. The Labute approximate surface area is 108 Å². The smallest absolute Gasteiger partial charge is 0.303 e. The van der Waals surface area contributed by atoms with Crippen LogP contribution >= 0.6 is 15.9 Å². The highest BCUT2D eigenvalue weighted by Crippen LogP contribution is 2.15. The van der Waals surface area contributed by atoms with Gasteiger partial charge in [-0.1, -0.05) is 22.0 Å². The highest BCUT2D eigenvalue weighted by atomic mass is 79.9. The largest absolute Gasteiger partial charge is 0.481 e. The number of aryl methyl sites for hydroxylation is 1. The number of carbonyl (C=O) groups is 2. The van der Waals surface area contributed by atoms with Gasteiger partial charge in [0.2, 0.25) is 0 Å².